The van der Waals surface area contributed by atoms with Crippen LogP contribution in [0.15, 0.2) is 30.1 Å². The summed E-state index contributed by atoms with van der Waals surface area (Å²) in [5, 5.41) is 8.78. The molecule has 1 rings (SSSR count). The Kier molecular flexibility index (Phi) is 11.9. The SMILES string of the molecule is COP(=O)(/C=C/c1ccc(COP(OCCC#N)N(C(C)C)C(C)C)cc1)OC. The van der Waals surface area contributed by atoms with Gasteiger partial charge >= 0.3 is 7.60 Å². The van der Waals surface area contributed by atoms with Crippen LogP contribution < -0.4 is 0 Å². The topological polar surface area (TPSA) is 81.0 Å². The minimum absolute atomic E-state index is 0.257. The summed E-state index contributed by atoms with van der Waals surface area (Å²) in [5.41, 5.74) is 1.87. The molecule has 7 nitrogen and oxygen atoms in total. The van der Waals surface area contributed by atoms with Crippen molar-refractivity contribution in [1.82, 2.24) is 4.67 Å². The monoisotopic (exact) mass is 442 g/mol. The Hall–Kier alpha value is -1.09. The lowest BCUT2D eigenvalue weighted by atomic mass is 10.1. The molecule has 0 N–H and O–H groups in total. The highest BCUT2D eigenvalue weighted by molar-refractivity contribution is 7.57. The Balaban J connectivity index is 2.79. The van der Waals surface area contributed by atoms with Gasteiger partial charge in [-0.2, -0.15) is 5.26 Å². The van der Waals surface area contributed by atoms with E-state index in [0.717, 1.165) is 11.1 Å². The lowest BCUT2D eigenvalue weighted by Gasteiger charge is -2.35. The summed E-state index contributed by atoms with van der Waals surface area (Å²) in [6.07, 6.45) is 2.04. The van der Waals surface area contributed by atoms with E-state index in [0.29, 0.717) is 19.6 Å². The molecule has 0 fully saturated rings. The maximum atomic E-state index is 12.1. The van der Waals surface area contributed by atoms with Crippen molar-refractivity contribution in [3.63, 3.8) is 0 Å². The molecule has 0 aromatic heterocycles. The molecule has 1 atom stereocenters. The molecular formula is C20H32N2O5P2. The fourth-order valence-corrected chi connectivity index (χ4v) is 4.89. The first kappa shape index (κ1) is 25.9. The Bertz CT molecular complexity index is 701. The molecule has 1 aromatic rings. The Morgan fingerprint density at radius 1 is 1.10 bits per heavy atom. The highest BCUT2D eigenvalue weighted by Gasteiger charge is 2.27. The van der Waals surface area contributed by atoms with Crippen molar-refractivity contribution in [2.45, 2.75) is 52.8 Å². The fourth-order valence-electron chi connectivity index (χ4n) is 2.54. The number of hydrogen-bond acceptors (Lipinski definition) is 7. The molecule has 1 aromatic carbocycles. The Morgan fingerprint density at radius 3 is 2.17 bits per heavy atom. The second-order valence-corrected chi connectivity index (χ2v) is 10.3. The second kappa shape index (κ2) is 13.3. The van der Waals surface area contributed by atoms with Gasteiger partial charge in [-0.1, -0.05) is 24.3 Å². The first-order valence-electron chi connectivity index (χ1n) is 9.46. The quantitative estimate of drug-likeness (QED) is 0.276. The number of benzene rings is 1. The summed E-state index contributed by atoms with van der Waals surface area (Å²) >= 11 is 0. The third kappa shape index (κ3) is 9.07. The highest BCUT2D eigenvalue weighted by atomic mass is 31.2. The van der Waals surface area contributed by atoms with E-state index in [1.807, 2.05) is 24.3 Å². The summed E-state index contributed by atoms with van der Waals surface area (Å²) < 4.78 is 36.0. The van der Waals surface area contributed by atoms with E-state index in [-0.39, 0.29) is 12.1 Å². The van der Waals surface area contributed by atoms with Gasteiger partial charge in [0, 0.05) is 32.1 Å². The van der Waals surface area contributed by atoms with Gasteiger partial charge in [0.15, 0.2) is 0 Å². The normalized spacial score (nSPS) is 13.5. The van der Waals surface area contributed by atoms with Crippen LogP contribution >= 0.6 is 16.1 Å². The molecule has 0 aliphatic carbocycles. The molecule has 1 unspecified atom stereocenters. The average Bonchev–Trinajstić information content (AvgIpc) is 2.70. The van der Waals surface area contributed by atoms with Crippen LogP contribution in [-0.2, 0) is 29.3 Å². The van der Waals surface area contributed by atoms with Gasteiger partial charge in [0.2, 0.25) is 0 Å². The van der Waals surface area contributed by atoms with Crippen molar-refractivity contribution in [3.05, 3.63) is 41.2 Å². The van der Waals surface area contributed by atoms with Gasteiger partial charge in [0.25, 0.3) is 8.53 Å². The molecule has 0 amide bonds. The summed E-state index contributed by atoms with van der Waals surface area (Å²) in [5.74, 6) is 1.43. The van der Waals surface area contributed by atoms with Gasteiger partial charge in [-0.05, 0) is 44.9 Å². The Morgan fingerprint density at radius 2 is 1.69 bits per heavy atom. The number of nitriles is 1. The first-order valence-corrected chi connectivity index (χ1v) is 12.2. The van der Waals surface area contributed by atoms with Crippen LogP contribution in [0.25, 0.3) is 6.08 Å². The molecule has 0 aliphatic heterocycles. The number of hydrogen-bond donors (Lipinski definition) is 0. The first-order chi connectivity index (χ1) is 13.8. The van der Waals surface area contributed by atoms with Crippen LogP contribution in [0.5, 0.6) is 0 Å². The van der Waals surface area contributed by atoms with Crippen molar-refractivity contribution >= 4 is 22.2 Å². The predicted octanol–water partition coefficient (Wildman–Crippen LogP) is 5.94. The summed E-state index contributed by atoms with van der Waals surface area (Å²) in [6, 6.07) is 10.3. The van der Waals surface area contributed by atoms with Crippen molar-refractivity contribution in [2.24, 2.45) is 0 Å². The molecule has 0 heterocycles. The lowest BCUT2D eigenvalue weighted by Crippen LogP contribution is -2.33. The van der Waals surface area contributed by atoms with Crippen LogP contribution in [0, 0.1) is 11.3 Å². The molecule has 0 radical (unpaired) electrons. The lowest BCUT2D eigenvalue weighted by molar-refractivity contribution is 0.171. The van der Waals surface area contributed by atoms with Crippen molar-refractivity contribution in [3.8, 4) is 6.07 Å². The van der Waals surface area contributed by atoms with Gasteiger partial charge in [-0.3, -0.25) is 4.57 Å². The van der Waals surface area contributed by atoms with Crippen LogP contribution in [0.4, 0.5) is 0 Å². The zero-order valence-corrected chi connectivity index (χ0v) is 19.9. The summed E-state index contributed by atoms with van der Waals surface area (Å²) in [4.78, 5) is 0. The molecule has 0 saturated carbocycles. The molecule has 0 bridgehead atoms. The zero-order chi connectivity index (χ0) is 21.9. The second-order valence-electron chi connectivity index (χ2n) is 6.78. The minimum atomic E-state index is -3.18. The van der Waals surface area contributed by atoms with Gasteiger partial charge in [0.05, 0.1) is 25.7 Å². The Labute approximate surface area is 176 Å². The van der Waals surface area contributed by atoms with E-state index >= 15 is 0 Å². The summed E-state index contributed by atoms with van der Waals surface area (Å²) in [7, 11) is -1.75. The molecule has 0 spiro atoms. The molecule has 9 heteroatoms. The predicted molar refractivity (Wildman–Crippen MR) is 117 cm³/mol. The zero-order valence-electron chi connectivity index (χ0n) is 18.1. The van der Waals surface area contributed by atoms with Crippen LogP contribution in [-0.4, -0.2) is 37.6 Å². The van der Waals surface area contributed by atoms with E-state index in [9.17, 15) is 4.57 Å². The van der Waals surface area contributed by atoms with Gasteiger partial charge in [-0.15, -0.1) is 0 Å². The van der Waals surface area contributed by atoms with Gasteiger partial charge in [0.1, 0.15) is 0 Å². The van der Waals surface area contributed by atoms with Crippen molar-refractivity contribution < 1.29 is 22.7 Å². The van der Waals surface area contributed by atoms with Crippen molar-refractivity contribution in [2.75, 3.05) is 20.8 Å². The minimum Gasteiger partial charge on any atom is -0.321 e. The van der Waals surface area contributed by atoms with Crippen LogP contribution in [0.1, 0.15) is 45.2 Å². The van der Waals surface area contributed by atoms with E-state index in [2.05, 4.69) is 38.4 Å². The van der Waals surface area contributed by atoms with E-state index < -0.39 is 16.1 Å². The maximum absolute atomic E-state index is 12.1. The largest absolute Gasteiger partial charge is 0.353 e. The molecule has 29 heavy (non-hydrogen) atoms. The van der Waals surface area contributed by atoms with Gasteiger partial charge in [-0.25, -0.2) is 4.67 Å². The molecule has 0 aliphatic rings. The number of nitrogens with zero attached hydrogens (tertiary/aromatic N) is 2. The number of rotatable bonds is 13. The van der Waals surface area contributed by atoms with E-state index in [4.69, 9.17) is 23.4 Å². The fraction of sp³-hybridized carbons (Fsp3) is 0.550. The highest BCUT2D eigenvalue weighted by Crippen LogP contribution is 2.48. The van der Waals surface area contributed by atoms with Crippen molar-refractivity contribution in [1.29, 1.82) is 5.26 Å². The third-order valence-corrected chi connectivity index (χ3v) is 7.53. The summed E-state index contributed by atoms with van der Waals surface area (Å²) in [6.45, 7) is 9.16. The van der Waals surface area contributed by atoms with E-state index in [1.165, 1.54) is 20.0 Å². The maximum Gasteiger partial charge on any atom is 0.353 e. The molecular weight excluding hydrogens is 410 g/mol. The standard InChI is InChI=1S/C20H32N2O5P2/c1-17(2)22(18(3)4)28(26-14-7-13-21)27-16-20-10-8-19(9-11-20)12-15-29(23,24-5)25-6/h8-12,15,17-18H,7,14,16H2,1-6H3/b15-12+. The third-order valence-electron chi connectivity index (χ3n) is 3.94. The average molecular weight is 442 g/mol. The van der Waals surface area contributed by atoms with Crippen LogP contribution in [0.3, 0.4) is 0 Å². The van der Waals surface area contributed by atoms with Gasteiger partial charge < -0.3 is 18.1 Å². The van der Waals surface area contributed by atoms with Crippen LogP contribution in [0.2, 0.25) is 0 Å². The molecule has 0 saturated heterocycles. The van der Waals surface area contributed by atoms with E-state index in [1.54, 1.807) is 6.08 Å². The molecule has 162 valence electrons. The smallest absolute Gasteiger partial charge is 0.321 e.